The van der Waals surface area contributed by atoms with Crippen LogP contribution in [0.5, 0.6) is 5.75 Å². The molecular formula is C17H16Cl2NO2+. The molecule has 0 unspecified atom stereocenters. The molecule has 1 aliphatic rings. The van der Waals surface area contributed by atoms with E-state index in [9.17, 15) is 5.21 Å². The summed E-state index contributed by atoms with van der Waals surface area (Å²) in [6.07, 6.45) is 3.66. The molecule has 114 valence electrons. The molecule has 1 aromatic heterocycles. The van der Waals surface area contributed by atoms with Crippen LogP contribution in [0.15, 0.2) is 42.6 Å². The maximum atomic E-state index is 10.2. The lowest BCUT2D eigenvalue weighted by Crippen LogP contribution is -2.34. The van der Waals surface area contributed by atoms with E-state index in [1.807, 2.05) is 18.2 Å². The van der Waals surface area contributed by atoms with Crippen molar-refractivity contribution in [2.45, 2.75) is 13.8 Å². The summed E-state index contributed by atoms with van der Waals surface area (Å²) in [4.78, 5) is 0. The molecule has 22 heavy (non-hydrogen) atoms. The smallest absolute Gasteiger partial charge is 0.264 e. The molecule has 0 saturated heterocycles. The first-order valence-electron chi connectivity index (χ1n) is 6.93. The summed E-state index contributed by atoms with van der Waals surface area (Å²) in [5.41, 5.74) is 2.05. The van der Waals surface area contributed by atoms with Gasteiger partial charge in [-0.25, -0.2) is 0 Å². The molecule has 0 radical (unpaired) electrons. The van der Waals surface area contributed by atoms with Gasteiger partial charge in [-0.2, -0.15) is 0 Å². The molecule has 2 aromatic rings. The van der Waals surface area contributed by atoms with Gasteiger partial charge in [0.2, 0.25) is 6.20 Å². The number of nitrogens with zero attached hydrogens (tertiary/aromatic N) is 1. The largest absolute Gasteiger partial charge is 0.490 e. The highest BCUT2D eigenvalue weighted by molar-refractivity contribution is 6.36. The van der Waals surface area contributed by atoms with E-state index in [1.54, 1.807) is 18.3 Å². The Kier molecular flexibility index (Phi) is 3.79. The van der Waals surface area contributed by atoms with Crippen LogP contribution in [0.1, 0.15) is 25.1 Å². The monoisotopic (exact) mass is 336 g/mol. The van der Waals surface area contributed by atoms with Gasteiger partial charge in [0, 0.05) is 32.9 Å². The maximum Gasteiger partial charge on any atom is 0.264 e. The highest BCUT2D eigenvalue weighted by Gasteiger charge is 2.30. The van der Waals surface area contributed by atoms with E-state index in [1.165, 1.54) is 0 Å². The van der Waals surface area contributed by atoms with Crippen LogP contribution in [0.4, 0.5) is 0 Å². The highest BCUT2D eigenvalue weighted by atomic mass is 35.5. The van der Waals surface area contributed by atoms with Gasteiger partial charge in [0.15, 0.2) is 0 Å². The second-order valence-corrected chi connectivity index (χ2v) is 6.87. The zero-order chi connectivity index (χ0) is 15.9. The fourth-order valence-electron chi connectivity index (χ4n) is 2.54. The Labute approximate surface area is 139 Å². The second-order valence-electron chi connectivity index (χ2n) is 6.03. The van der Waals surface area contributed by atoms with Crippen molar-refractivity contribution in [1.29, 1.82) is 0 Å². The Morgan fingerprint density at radius 1 is 1.23 bits per heavy atom. The third-order valence-corrected chi connectivity index (χ3v) is 4.04. The molecule has 2 heterocycles. The summed E-state index contributed by atoms with van der Waals surface area (Å²) in [6.45, 7) is 4.63. The van der Waals surface area contributed by atoms with Crippen LogP contribution in [0.2, 0.25) is 10.0 Å². The Morgan fingerprint density at radius 2 is 2.00 bits per heavy atom. The van der Waals surface area contributed by atoms with E-state index in [0.29, 0.717) is 28.1 Å². The average molecular weight is 337 g/mol. The number of hydrogen-bond donors (Lipinski definition) is 1. The van der Waals surface area contributed by atoms with E-state index in [-0.39, 0.29) is 5.41 Å². The van der Waals surface area contributed by atoms with E-state index in [0.717, 1.165) is 15.9 Å². The number of aromatic nitrogens is 1. The Bertz CT molecular complexity index is 769. The van der Waals surface area contributed by atoms with Crippen LogP contribution >= 0.6 is 23.2 Å². The predicted octanol–water partition coefficient (Wildman–Crippen LogP) is 4.37. The van der Waals surface area contributed by atoms with Crippen molar-refractivity contribution in [3.8, 4) is 5.75 Å². The quantitative estimate of drug-likeness (QED) is 0.619. The maximum absolute atomic E-state index is 10.2. The predicted molar refractivity (Wildman–Crippen MR) is 86.6 cm³/mol. The zero-order valence-electron chi connectivity index (χ0n) is 12.3. The lowest BCUT2D eigenvalue weighted by molar-refractivity contribution is -0.906. The zero-order valence-corrected chi connectivity index (χ0v) is 13.8. The fourth-order valence-corrected chi connectivity index (χ4v) is 3.08. The van der Waals surface area contributed by atoms with Gasteiger partial charge in [-0.1, -0.05) is 43.1 Å². The van der Waals surface area contributed by atoms with Crippen molar-refractivity contribution < 1.29 is 14.7 Å². The SMILES string of the molecule is CC1(C)C=C(c2cccc[n+]2O)c2cc(Cl)cc(Cl)c2OC1. The Morgan fingerprint density at radius 3 is 2.73 bits per heavy atom. The van der Waals surface area contributed by atoms with E-state index >= 15 is 0 Å². The molecule has 0 fully saturated rings. The van der Waals surface area contributed by atoms with Crippen molar-refractivity contribution in [2.24, 2.45) is 5.41 Å². The summed E-state index contributed by atoms with van der Waals surface area (Å²) in [5.74, 6) is 0.590. The first kappa shape index (κ1) is 15.2. The van der Waals surface area contributed by atoms with Crippen molar-refractivity contribution >= 4 is 28.8 Å². The average Bonchev–Trinajstić information content (AvgIpc) is 2.56. The first-order valence-corrected chi connectivity index (χ1v) is 7.68. The molecule has 0 saturated carbocycles. The van der Waals surface area contributed by atoms with Gasteiger partial charge in [0.05, 0.1) is 17.2 Å². The van der Waals surface area contributed by atoms with Gasteiger partial charge in [0.25, 0.3) is 5.69 Å². The number of halogens is 2. The van der Waals surface area contributed by atoms with Gasteiger partial charge in [-0.3, -0.25) is 5.21 Å². The molecule has 0 aliphatic carbocycles. The van der Waals surface area contributed by atoms with Gasteiger partial charge < -0.3 is 4.74 Å². The fraction of sp³-hybridized carbons (Fsp3) is 0.235. The molecule has 0 spiro atoms. The second kappa shape index (κ2) is 5.49. The molecular weight excluding hydrogens is 321 g/mol. The minimum Gasteiger partial charge on any atom is -0.490 e. The summed E-state index contributed by atoms with van der Waals surface area (Å²) in [6, 6.07) is 8.94. The third kappa shape index (κ3) is 2.79. The molecule has 1 aromatic carbocycles. The number of hydrogen-bond acceptors (Lipinski definition) is 2. The van der Waals surface area contributed by atoms with Crippen LogP contribution in [0, 0.1) is 5.41 Å². The van der Waals surface area contributed by atoms with Gasteiger partial charge in [0.1, 0.15) is 5.75 Å². The molecule has 1 aliphatic heterocycles. The highest BCUT2D eigenvalue weighted by Crippen LogP contribution is 2.42. The Balaban J connectivity index is 2.31. The number of ether oxygens (including phenoxy) is 1. The number of fused-ring (bicyclic) bond motifs is 1. The molecule has 0 amide bonds. The third-order valence-electron chi connectivity index (χ3n) is 3.54. The minimum absolute atomic E-state index is 0.215. The van der Waals surface area contributed by atoms with Crippen LogP contribution in [-0.2, 0) is 0 Å². The lowest BCUT2D eigenvalue weighted by atomic mass is 9.89. The van der Waals surface area contributed by atoms with Crippen molar-refractivity contribution in [3.63, 3.8) is 0 Å². The summed E-state index contributed by atoms with van der Waals surface area (Å²) < 4.78 is 7.00. The van der Waals surface area contributed by atoms with Gasteiger partial charge in [-0.15, -0.1) is 0 Å². The van der Waals surface area contributed by atoms with Gasteiger partial charge in [-0.05, 0) is 18.2 Å². The standard InChI is InChI=1S/C17H16Cl2NO2/c1-17(2)9-13(15-5-3-4-6-20(15)21)12-7-11(18)8-14(19)16(12)22-10-17/h3-9,21H,10H2,1-2H3/q+1. The molecule has 0 bridgehead atoms. The number of rotatable bonds is 1. The van der Waals surface area contributed by atoms with E-state index in [2.05, 4.69) is 19.9 Å². The van der Waals surface area contributed by atoms with E-state index < -0.39 is 0 Å². The normalized spacial score (nSPS) is 16.3. The Hall–Kier alpha value is -1.71. The molecule has 1 N–H and O–H groups in total. The summed E-state index contributed by atoms with van der Waals surface area (Å²) >= 11 is 12.5. The summed E-state index contributed by atoms with van der Waals surface area (Å²) in [5, 5.41) is 11.1. The van der Waals surface area contributed by atoms with Crippen LogP contribution in [0.25, 0.3) is 5.57 Å². The topological polar surface area (TPSA) is 33.3 Å². The number of pyridine rings is 1. The first-order chi connectivity index (χ1) is 10.4. The lowest BCUT2D eigenvalue weighted by Gasteiger charge is -2.18. The van der Waals surface area contributed by atoms with Crippen LogP contribution in [0.3, 0.4) is 0 Å². The van der Waals surface area contributed by atoms with Crippen molar-refractivity contribution in [2.75, 3.05) is 6.61 Å². The summed E-state index contributed by atoms with van der Waals surface area (Å²) in [7, 11) is 0. The molecule has 3 nitrogen and oxygen atoms in total. The van der Waals surface area contributed by atoms with Gasteiger partial charge >= 0.3 is 0 Å². The van der Waals surface area contributed by atoms with Crippen LogP contribution < -0.4 is 9.47 Å². The van der Waals surface area contributed by atoms with E-state index in [4.69, 9.17) is 27.9 Å². The molecule has 0 atom stereocenters. The number of benzene rings is 1. The minimum atomic E-state index is -0.215. The molecule has 5 heteroatoms. The van der Waals surface area contributed by atoms with Crippen LogP contribution in [-0.4, -0.2) is 11.8 Å². The molecule has 3 rings (SSSR count). The van der Waals surface area contributed by atoms with Crippen molar-refractivity contribution in [3.05, 3.63) is 63.9 Å². The van der Waals surface area contributed by atoms with Crippen molar-refractivity contribution in [1.82, 2.24) is 0 Å².